The Morgan fingerprint density at radius 1 is 0.906 bits per heavy atom. The van der Waals surface area contributed by atoms with Gasteiger partial charge in [0.1, 0.15) is 0 Å². The Labute approximate surface area is 188 Å². The first kappa shape index (κ1) is 23.1. The lowest BCUT2D eigenvalue weighted by Gasteiger charge is -2.22. The van der Waals surface area contributed by atoms with Crippen LogP contribution in [0.3, 0.4) is 0 Å². The summed E-state index contributed by atoms with van der Waals surface area (Å²) in [7, 11) is -0.615. The third-order valence-electron chi connectivity index (χ3n) is 4.91. The van der Waals surface area contributed by atoms with Crippen LogP contribution in [0, 0.1) is 0 Å². The number of hydrogen-bond acceptors (Lipinski definition) is 5. The molecule has 0 aromatic heterocycles. The molecule has 0 saturated carbocycles. The maximum absolute atomic E-state index is 13.1. The van der Waals surface area contributed by atoms with Gasteiger partial charge in [0, 0.05) is 24.3 Å². The number of ether oxygens (including phenoxy) is 2. The first-order valence-electron chi connectivity index (χ1n) is 10.1. The van der Waals surface area contributed by atoms with E-state index in [0.29, 0.717) is 35.8 Å². The Morgan fingerprint density at radius 2 is 1.62 bits per heavy atom. The van der Waals surface area contributed by atoms with Gasteiger partial charge in [0.15, 0.2) is 11.5 Å². The van der Waals surface area contributed by atoms with Gasteiger partial charge < -0.3 is 14.4 Å². The number of amides is 1. The second kappa shape index (κ2) is 10.2. The number of benzene rings is 3. The summed E-state index contributed by atoms with van der Waals surface area (Å²) in [6.45, 7) is 2.74. The van der Waals surface area contributed by atoms with Crippen molar-refractivity contribution in [3.05, 3.63) is 83.9 Å². The Balaban J connectivity index is 1.79. The molecule has 3 rings (SSSR count). The molecule has 0 radical (unpaired) electrons. The minimum absolute atomic E-state index is 0.153. The molecule has 32 heavy (non-hydrogen) atoms. The number of sulfonamides is 1. The van der Waals surface area contributed by atoms with Gasteiger partial charge in [0.25, 0.3) is 15.9 Å². The van der Waals surface area contributed by atoms with Crippen LogP contribution >= 0.6 is 0 Å². The van der Waals surface area contributed by atoms with Crippen LogP contribution in [0.25, 0.3) is 0 Å². The van der Waals surface area contributed by atoms with Crippen molar-refractivity contribution in [3.8, 4) is 11.5 Å². The zero-order valence-electron chi connectivity index (χ0n) is 18.2. The van der Waals surface area contributed by atoms with Gasteiger partial charge >= 0.3 is 0 Å². The fourth-order valence-corrected chi connectivity index (χ4v) is 4.31. The molecule has 0 aliphatic rings. The molecule has 0 aliphatic carbocycles. The minimum atomic E-state index is -3.75. The molecule has 0 aliphatic heterocycles. The molecule has 1 N–H and O–H groups in total. The number of hydrogen-bond donors (Lipinski definition) is 1. The van der Waals surface area contributed by atoms with Crippen LogP contribution in [0.1, 0.15) is 22.8 Å². The van der Waals surface area contributed by atoms with Gasteiger partial charge in [-0.25, -0.2) is 8.42 Å². The molecule has 7 nitrogen and oxygen atoms in total. The van der Waals surface area contributed by atoms with E-state index < -0.39 is 10.0 Å². The first-order valence-corrected chi connectivity index (χ1v) is 11.5. The molecule has 0 bridgehead atoms. The monoisotopic (exact) mass is 454 g/mol. The van der Waals surface area contributed by atoms with Gasteiger partial charge in [-0.3, -0.25) is 9.52 Å². The first-order chi connectivity index (χ1) is 15.4. The molecule has 0 atom stereocenters. The van der Waals surface area contributed by atoms with Crippen LogP contribution in [-0.4, -0.2) is 40.0 Å². The molecule has 1 amide bonds. The van der Waals surface area contributed by atoms with Gasteiger partial charge in [-0.1, -0.05) is 30.3 Å². The van der Waals surface area contributed by atoms with E-state index in [9.17, 15) is 13.2 Å². The predicted molar refractivity (Wildman–Crippen MR) is 124 cm³/mol. The average molecular weight is 455 g/mol. The molecule has 0 unspecified atom stereocenters. The highest BCUT2D eigenvalue weighted by molar-refractivity contribution is 7.92. The lowest BCUT2D eigenvalue weighted by atomic mass is 10.1. The highest BCUT2D eigenvalue weighted by Gasteiger charge is 2.18. The molecule has 0 heterocycles. The van der Waals surface area contributed by atoms with Crippen LogP contribution in [0.15, 0.2) is 77.7 Å². The Bertz CT molecular complexity index is 1180. The Hall–Kier alpha value is -3.52. The van der Waals surface area contributed by atoms with Crippen molar-refractivity contribution >= 4 is 21.6 Å². The van der Waals surface area contributed by atoms with Crippen molar-refractivity contribution in [3.63, 3.8) is 0 Å². The van der Waals surface area contributed by atoms with E-state index >= 15 is 0 Å². The summed E-state index contributed by atoms with van der Waals surface area (Å²) >= 11 is 0. The molecular formula is C24H26N2O5S. The fraction of sp³-hybridized carbons (Fsp3) is 0.208. The topological polar surface area (TPSA) is 84.9 Å². The van der Waals surface area contributed by atoms with Crippen LogP contribution < -0.4 is 14.2 Å². The van der Waals surface area contributed by atoms with Gasteiger partial charge in [-0.05, 0) is 55.0 Å². The summed E-state index contributed by atoms with van der Waals surface area (Å²) in [5.74, 6) is 0.998. The fourth-order valence-electron chi connectivity index (χ4n) is 3.24. The molecule has 3 aromatic rings. The highest BCUT2D eigenvalue weighted by atomic mass is 32.2. The van der Waals surface area contributed by atoms with Crippen LogP contribution in [0.2, 0.25) is 0 Å². The number of nitrogens with one attached hydrogen (secondary N) is 1. The summed E-state index contributed by atoms with van der Waals surface area (Å²) in [5, 5.41) is 0. The maximum atomic E-state index is 13.1. The smallest absolute Gasteiger partial charge is 0.261 e. The average Bonchev–Trinajstić information content (AvgIpc) is 2.82. The van der Waals surface area contributed by atoms with Crippen LogP contribution in [0.4, 0.5) is 5.69 Å². The molecular weight excluding hydrogens is 428 g/mol. The molecule has 8 heteroatoms. The van der Waals surface area contributed by atoms with E-state index in [1.807, 2.05) is 19.1 Å². The van der Waals surface area contributed by atoms with E-state index in [1.54, 1.807) is 67.7 Å². The Kier molecular flexibility index (Phi) is 7.37. The van der Waals surface area contributed by atoms with E-state index in [2.05, 4.69) is 4.72 Å². The molecule has 0 saturated heterocycles. The van der Waals surface area contributed by atoms with E-state index in [0.717, 1.165) is 5.56 Å². The van der Waals surface area contributed by atoms with Crippen molar-refractivity contribution < 1.29 is 22.7 Å². The van der Waals surface area contributed by atoms with E-state index in [1.165, 1.54) is 12.1 Å². The molecule has 0 fully saturated rings. The number of rotatable bonds is 9. The molecule has 3 aromatic carbocycles. The number of methoxy groups -OCH3 is 2. The van der Waals surface area contributed by atoms with Gasteiger partial charge in [0.2, 0.25) is 0 Å². The van der Waals surface area contributed by atoms with Crippen LogP contribution in [-0.2, 0) is 16.6 Å². The van der Waals surface area contributed by atoms with Gasteiger partial charge in [-0.15, -0.1) is 0 Å². The lowest BCUT2D eigenvalue weighted by Crippen LogP contribution is -2.30. The summed E-state index contributed by atoms with van der Waals surface area (Å²) in [4.78, 5) is 15.0. The van der Waals surface area contributed by atoms with Crippen molar-refractivity contribution in [2.45, 2.75) is 18.4 Å². The number of anilines is 1. The van der Waals surface area contributed by atoms with Crippen molar-refractivity contribution in [1.82, 2.24) is 4.90 Å². The minimum Gasteiger partial charge on any atom is -0.493 e. The third kappa shape index (κ3) is 5.39. The largest absolute Gasteiger partial charge is 0.493 e. The summed E-state index contributed by atoms with van der Waals surface area (Å²) in [5.41, 5.74) is 1.60. The number of nitrogens with zero attached hydrogens (tertiary/aromatic N) is 1. The third-order valence-corrected chi connectivity index (χ3v) is 6.30. The molecule has 0 spiro atoms. The second-order valence-corrected chi connectivity index (χ2v) is 8.69. The summed E-state index contributed by atoms with van der Waals surface area (Å²) in [6.07, 6.45) is 0. The highest BCUT2D eigenvalue weighted by Crippen LogP contribution is 2.28. The quantitative estimate of drug-likeness (QED) is 0.525. The number of carbonyl (C=O) groups excluding carboxylic acids is 1. The van der Waals surface area contributed by atoms with Gasteiger partial charge in [-0.2, -0.15) is 0 Å². The predicted octanol–water partition coefficient (Wildman–Crippen LogP) is 4.17. The standard InChI is InChI=1S/C24H26N2O5S/c1-4-26(17-18-13-14-22(30-2)23(15-18)31-3)24(27)19-9-8-10-20(16-19)25-32(28,29)21-11-6-5-7-12-21/h5-16,25H,4,17H2,1-3H3. The van der Waals surface area contributed by atoms with Crippen molar-refractivity contribution in [2.75, 3.05) is 25.5 Å². The van der Waals surface area contributed by atoms with Gasteiger partial charge in [0.05, 0.1) is 19.1 Å². The zero-order chi connectivity index (χ0) is 23.1. The lowest BCUT2D eigenvalue weighted by molar-refractivity contribution is 0.0752. The SMILES string of the molecule is CCN(Cc1ccc(OC)c(OC)c1)C(=O)c1cccc(NS(=O)(=O)c2ccccc2)c1. The maximum Gasteiger partial charge on any atom is 0.261 e. The zero-order valence-corrected chi connectivity index (χ0v) is 19.1. The number of carbonyl (C=O) groups is 1. The molecule has 168 valence electrons. The normalized spacial score (nSPS) is 11.0. The van der Waals surface area contributed by atoms with Crippen LogP contribution in [0.5, 0.6) is 11.5 Å². The van der Waals surface area contributed by atoms with E-state index in [4.69, 9.17) is 9.47 Å². The summed E-state index contributed by atoms with van der Waals surface area (Å²) in [6, 6.07) is 20.1. The van der Waals surface area contributed by atoms with Crippen molar-refractivity contribution in [2.24, 2.45) is 0 Å². The second-order valence-electron chi connectivity index (χ2n) is 7.01. The van der Waals surface area contributed by atoms with Crippen molar-refractivity contribution in [1.29, 1.82) is 0 Å². The Morgan fingerprint density at radius 3 is 2.28 bits per heavy atom. The van der Waals surface area contributed by atoms with E-state index in [-0.39, 0.29) is 10.8 Å². The summed E-state index contributed by atoms with van der Waals surface area (Å²) < 4.78 is 38.3.